The molecule has 0 aromatic carbocycles. The molecule has 1 aliphatic rings. The first kappa shape index (κ1) is 16.6. The maximum absolute atomic E-state index is 7.42. The molecule has 0 saturated heterocycles. The second-order valence-electron chi connectivity index (χ2n) is 6.28. The van der Waals surface area contributed by atoms with Crippen LogP contribution in [-0.2, 0) is 0 Å². The summed E-state index contributed by atoms with van der Waals surface area (Å²) in [6, 6.07) is 5.66. The van der Waals surface area contributed by atoms with E-state index in [0.717, 1.165) is 26.7 Å². The number of fused-ring (bicyclic) bond motifs is 1. The summed E-state index contributed by atoms with van der Waals surface area (Å²) in [5, 5.41) is 21.1. The minimum atomic E-state index is 0.557. The zero-order valence-electron chi connectivity index (χ0n) is 14.1. The molecular formula is C18H19N7S. The predicted octanol–water partition coefficient (Wildman–Crippen LogP) is 3.83. The molecule has 132 valence electrons. The first-order chi connectivity index (χ1) is 12.8. The normalized spacial score (nSPS) is 15.5. The van der Waals surface area contributed by atoms with Crippen LogP contribution in [0, 0.1) is 5.41 Å². The second kappa shape index (κ2) is 7.17. The van der Waals surface area contributed by atoms with E-state index in [9.17, 15) is 0 Å². The van der Waals surface area contributed by atoms with Crippen LogP contribution in [0.3, 0.4) is 0 Å². The summed E-state index contributed by atoms with van der Waals surface area (Å²) in [6.45, 7) is 0. The monoisotopic (exact) mass is 365 g/mol. The number of nitrogens with two attached hydrogens (primary N) is 1. The van der Waals surface area contributed by atoms with Crippen molar-refractivity contribution < 1.29 is 0 Å². The van der Waals surface area contributed by atoms with Gasteiger partial charge in [0.05, 0.1) is 11.0 Å². The third-order valence-electron chi connectivity index (χ3n) is 4.59. The van der Waals surface area contributed by atoms with Gasteiger partial charge in [0.15, 0.2) is 0 Å². The van der Waals surface area contributed by atoms with E-state index >= 15 is 0 Å². The van der Waals surface area contributed by atoms with E-state index in [1.807, 2.05) is 18.2 Å². The Labute approximate surface area is 154 Å². The smallest absolute Gasteiger partial charge is 0.211 e. The maximum atomic E-state index is 7.42. The molecule has 0 unspecified atom stereocenters. The molecule has 3 aromatic heterocycles. The van der Waals surface area contributed by atoms with Gasteiger partial charge >= 0.3 is 0 Å². The van der Waals surface area contributed by atoms with Gasteiger partial charge in [-0.15, -0.1) is 10.2 Å². The Morgan fingerprint density at radius 2 is 2.08 bits per heavy atom. The third-order valence-corrected chi connectivity index (χ3v) is 5.59. The van der Waals surface area contributed by atoms with Gasteiger partial charge in [0.1, 0.15) is 10.8 Å². The van der Waals surface area contributed by atoms with Crippen LogP contribution in [0.5, 0.6) is 0 Å². The quantitative estimate of drug-likeness (QED) is 0.592. The molecule has 4 rings (SSSR count). The highest BCUT2D eigenvalue weighted by Crippen LogP contribution is 2.36. The summed E-state index contributed by atoms with van der Waals surface area (Å²) in [5.74, 6) is 1.25. The van der Waals surface area contributed by atoms with Gasteiger partial charge in [-0.2, -0.15) is 0 Å². The lowest BCUT2D eigenvalue weighted by Gasteiger charge is -2.05. The van der Waals surface area contributed by atoms with Crippen molar-refractivity contribution >= 4 is 45.1 Å². The van der Waals surface area contributed by atoms with Crippen molar-refractivity contribution in [3.63, 3.8) is 0 Å². The molecule has 4 N–H and O–H groups in total. The van der Waals surface area contributed by atoms with Gasteiger partial charge in [0, 0.05) is 35.7 Å². The number of allylic oxidation sites excluding steroid dienone is 1. The fourth-order valence-electron chi connectivity index (χ4n) is 3.19. The van der Waals surface area contributed by atoms with E-state index in [1.165, 1.54) is 38.1 Å². The molecule has 3 aromatic rings. The highest BCUT2D eigenvalue weighted by Gasteiger charge is 2.21. The Morgan fingerprint density at radius 1 is 1.23 bits per heavy atom. The highest BCUT2D eigenvalue weighted by molar-refractivity contribution is 7.15. The second-order valence-corrected chi connectivity index (χ2v) is 7.29. The summed E-state index contributed by atoms with van der Waals surface area (Å²) in [5.41, 5.74) is 8.44. The van der Waals surface area contributed by atoms with Crippen molar-refractivity contribution in [3.8, 4) is 0 Å². The zero-order valence-corrected chi connectivity index (χ0v) is 15.0. The third kappa shape index (κ3) is 3.28. The van der Waals surface area contributed by atoms with Crippen LogP contribution < -0.4 is 11.1 Å². The van der Waals surface area contributed by atoms with Crippen molar-refractivity contribution in [1.29, 1.82) is 5.41 Å². The van der Waals surface area contributed by atoms with Gasteiger partial charge in [0.25, 0.3) is 0 Å². The molecule has 7 nitrogen and oxygen atoms in total. The molecule has 0 atom stereocenters. The predicted molar refractivity (Wildman–Crippen MR) is 105 cm³/mol. The summed E-state index contributed by atoms with van der Waals surface area (Å²) in [4.78, 5) is 9.00. The van der Waals surface area contributed by atoms with E-state index in [0.29, 0.717) is 17.3 Å². The topological polar surface area (TPSA) is 113 Å². The number of nitrogens with zero attached hydrogens (tertiary/aromatic N) is 4. The van der Waals surface area contributed by atoms with Crippen molar-refractivity contribution in [2.45, 2.75) is 31.6 Å². The molecule has 3 heterocycles. The van der Waals surface area contributed by atoms with Gasteiger partial charge < -0.3 is 16.5 Å². The van der Waals surface area contributed by atoms with Crippen LogP contribution >= 0.6 is 11.3 Å². The van der Waals surface area contributed by atoms with Crippen LogP contribution in [-0.4, -0.2) is 26.4 Å². The van der Waals surface area contributed by atoms with Crippen molar-refractivity contribution in [2.75, 3.05) is 5.32 Å². The highest BCUT2D eigenvalue weighted by atomic mass is 32.1. The number of hydrogen-bond acceptors (Lipinski definition) is 8. The minimum absolute atomic E-state index is 0.557. The van der Waals surface area contributed by atoms with Gasteiger partial charge in [0.2, 0.25) is 5.13 Å². The number of rotatable bonds is 5. The van der Waals surface area contributed by atoms with E-state index in [1.54, 1.807) is 17.5 Å². The molecule has 1 saturated carbocycles. The van der Waals surface area contributed by atoms with Gasteiger partial charge in [-0.1, -0.05) is 24.2 Å². The molecule has 0 aliphatic heterocycles. The van der Waals surface area contributed by atoms with E-state index in [-0.39, 0.29) is 0 Å². The molecule has 1 fully saturated rings. The first-order valence-corrected chi connectivity index (χ1v) is 9.38. The fraction of sp³-hybridized carbons (Fsp3) is 0.278. The van der Waals surface area contributed by atoms with Crippen molar-refractivity contribution in [1.82, 2.24) is 20.2 Å². The van der Waals surface area contributed by atoms with Gasteiger partial charge in [-0.05, 0) is 31.0 Å². The lowest BCUT2D eigenvalue weighted by molar-refractivity contribution is 0.705. The molecule has 0 bridgehead atoms. The average molecular weight is 365 g/mol. The summed E-state index contributed by atoms with van der Waals surface area (Å²) < 4.78 is 0. The molecule has 1 aliphatic carbocycles. The van der Waals surface area contributed by atoms with Gasteiger partial charge in [-0.25, -0.2) is 4.98 Å². The summed E-state index contributed by atoms with van der Waals surface area (Å²) in [7, 11) is 0. The Kier molecular flexibility index (Phi) is 4.57. The number of aromatic nitrogens is 4. The van der Waals surface area contributed by atoms with Crippen LogP contribution in [0.4, 0.5) is 10.9 Å². The van der Waals surface area contributed by atoms with Crippen LogP contribution in [0.2, 0.25) is 0 Å². The number of hydrogen-bond donors (Lipinski definition) is 3. The number of pyridine rings is 2. The lowest BCUT2D eigenvalue weighted by atomic mass is 10.1. The Balaban J connectivity index is 1.59. The molecule has 8 heteroatoms. The fourth-order valence-corrected chi connectivity index (χ4v) is 4.11. The van der Waals surface area contributed by atoms with Gasteiger partial charge in [-0.3, -0.25) is 4.98 Å². The van der Waals surface area contributed by atoms with Crippen LogP contribution in [0.15, 0.2) is 30.6 Å². The van der Waals surface area contributed by atoms with Crippen molar-refractivity contribution in [3.05, 3.63) is 41.2 Å². The molecule has 0 spiro atoms. The molecule has 26 heavy (non-hydrogen) atoms. The molecule has 0 amide bonds. The van der Waals surface area contributed by atoms with E-state index in [2.05, 4.69) is 25.5 Å². The maximum Gasteiger partial charge on any atom is 0.211 e. The lowest BCUT2D eigenvalue weighted by Crippen LogP contribution is -1.96. The standard InChI is InChI=1S/C18H19N7S/c19-8-13(9-20)12-7-15-14(21-10-12)5-6-16(22-15)23-18-25-24-17(26-18)11-3-1-2-4-11/h5-11,19H,1-4,20H2,(H,22,23,25)/b13-9+,19-8?. The van der Waals surface area contributed by atoms with Crippen molar-refractivity contribution in [2.24, 2.45) is 5.73 Å². The average Bonchev–Trinajstić information content (AvgIpc) is 3.34. The first-order valence-electron chi connectivity index (χ1n) is 8.57. The molecular weight excluding hydrogens is 346 g/mol. The van der Waals surface area contributed by atoms with E-state index < -0.39 is 0 Å². The summed E-state index contributed by atoms with van der Waals surface area (Å²) in [6.07, 6.45) is 9.27. The van der Waals surface area contributed by atoms with E-state index in [4.69, 9.17) is 11.1 Å². The Hall–Kier alpha value is -2.87. The summed E-state index contributed by atoms with van der Waals surface area (Å²) >= 11 is 1.60. The molecule has 0 radical (unpaired) electrons. The SMILES string of the molecule is N=C/C(=C\N)c1cnc2ccc(Nc3nnc(C4CCCC4)s3)nc2c1. The minimum Gasteiger partial charge on any atom is -0.404 e. The van der Waals surface area contributed by atoms with Crippen LogP contribution in [0.1, 0.15) is 42.2 Å². The van der Waals surface area contributed by atoms with Crippen LogP contribution in [0.25, 0.3) is 16.6 Å². The largest absolute Gasteiger partial charge is 0.404 e. The zero-order chi connectivity index (χ0) is 17.9. The Bertz CT molecular complexity index is 973. The Morgan fingerprint density at radius 3 is 2.85 bits per heavy atom. The number of nitrogens with one attached hydrogen (secondary N) is 2. The number of anilines is 2.